The topological polar surface area (TPSA) is 239 Å². The molecule has 0 radical (unpaired) electrons. The molecule has 3 rings (SSSR count). The Balaban J connectivity index is 1.64. The zero-order valence-electron chi connectivity index (χ0n) is 15.2. The van der Waals surface area contributed by atoms with Crippen molar-refractivity contribution in [3.63, 3.8) is 0 Å². The zero-order valence-corrected chi connectivity index (χ0v) is 17.8. The Morgan fingerprint density at radius 3 is 2.53 bits per heavy atom. The number of hydrogen-bond donors (Lipinski definition) is 5. The predicted molar refractivity (Wildman–Crippen MR) is 97.2 cm³/mol. The fourth-order valence-electron chi connectivity index (χ4n) is 2.80. The maximum absolute atomic E-state index is 11.8. The lowest BCUT2D eigenvalue weighted by molar-refractivity contribution is -0.0273. The third-order valence-corrected chi connectivity index (χ3v) is 7.86. The fraction of sp³-hybridized carbons (Fsp3) is 0.545. The molecule has 0 aromatic carbocycles. The monoisotopic (exact) mass is 489 g/mol. The molecular weight excluding hydrogens is 471 g/mol. The second kappa shape index (κ2) is 8.34. The SMILES string of the molecule is C[C@H]1C[C@H](n2cnc3c(N)ncnc32)O[C@@H]1COP(=O)(O)OP(=O)(O)OP(=O)(O)O. The van der Waals surface area contributed by atoms with Gasteiger partial charge >= 0.3 is 23.5 Å². The molecule has 2 aromatic rings. The van der Waals surface area contributed by atoms with Gasteiger partial charge in [0.05, 0.1) is 19.0 Å². The number of hydrogen-bond acceptors (Lipinski definition) is 11. The molecule has 3 heterocycles. The molecule has 6 N–H and O–H groups in total. The number of phosphoric ester groups is 1. The average Bonchev–Trinajstić information content (AvgIpc) is 3.14. The molecule has 16 nitrogen and oxygen atoms in total. The van der Waals surface area contributed by atoms with Crippen molar-refractivity contribution < 1.29 is 51.2 Å². The molecule has 1 fully saturated rings. The lowest BCUT2D eigenvalue weighted by Gasteiger charge is -2.19. The van der Waals surface area contributed by atoms with Gasteiger partial charge in [-0.2, -0.15) is 8.62 Å². The first kappa shape index (κ1) is 23.4. The number of anilines is 1. The summed E-state index contributed by atoms with van der Waals surface area (Å²) in [6.07, 6.45) is 1.86. The van der Waals surface area contributed by atoms with Gasteiger partial charge in [0.15, 0.2) is 11.5 Å². The molecule has 5 atom stereocenters. The maximum atomic E-state index is 11.8. The van der Waals surface area contributed by atoms with E-state index in [1.54, 1.807) is 11.5 Å². The van der Waals surface area contributed by atoms with E-state index >= 15 is 0 Å². The van der Waals surface area contributed by atoms with E-state index < -0.39 is 42.4 Å². The number of imidazole rings is 1. The minimum absolute atomic E-state index is 0.189. The predicted octanol–water partition coefficient (Wildman–Crippen LogP) is 0.675. The van der Waals surface area contributed by atoms with Crippen LogP contribution >= 0.6 is 23.5 Å². The van der Waals surface area contributed by atoms with Gasteiger partial charge in [-0.1, -0.05) is 6.92 Å². The molecule has 2 unspecified atom stereocenters. The highest BCUT2D eigenvalue weighted by Gasteiger charge is 2.42. The highest BCUT2D eigenvalue weighted by Crippen LogP contribution is 2.66. The van der Waals surface area contributed by atoms with Crippen LogP contribution in [0.25, 0.3) is 11.2 Å². The molecule has 0 spiro atoms. The Kier molecular flexibility index (Phi) is 6.50. The lowest BCUT2D eigenvalue weighted by Crippen LogP contribution is -2.20. The van der Waals surface area contributed by atoms with E-state index in [1.165, 1.54) is 12.7 Å². The number of fused-ring (bicyclic) bond motifs is 1. The standard InChI is InChI=1S/C11H18N5O11P3/c1-6-2-8(16-5-15-9-10(12)13-4-14-11(9)16)25-7(6)3-24-29(20,21)27-30(22,23)26-28(17,18)19/h4-8H,2-3H2,1H3,(H,20,21)(H,22,23)(H2,12,13,14)(H2,17,18,19)/t6-,7+,8+/m0/s1. The molecule has 0 bridgehead atoms. The van der Waals surface area contributed by atoms with E-state index in [9.17, 15) is 18.6 Å². The summed E-state index contributed by atoms with van der Waals surface area (Å²) in [6, 6.07) is 0. The number of nitrogens with two attached hydrogens (primary N) is 1. The van der Waals surface area contributed by atoms with E-state index in [1.807, 2.05) is 0 Å². The van der Waals surface area contributed by atoms with Crippen LogP contribution in [0, 0.1) is 5.92 Å². The Morgan fingerprint density at radius 1 is 1.17 bits per heavy atom. The van der Waals surface area contributed by atoms with E-state index in [0.717, 1.165) is 0 Å². The van der Waals surface area contributed by atoms with Crippen molar-refractivity contribution in [2.75, 3.05) is 12.3 Å². The number of aromatic nitrogens is 4. The highest BCUT2D eigenvalue weighted by molar-refractivity contribution is 7.66. The minimum atomic E-state index is -5.58. The number of phosphoric acid groups is 3. The summed E-state index contributed by atoms with van der Waals surface area (Å²) in [5.41, 5.74) is 6.55. The molecule has 30 heavy (non-hydrogen) atoms. The van der Waals surface area contributed by atoms with Gasteiger partial charge in [-0.25, -0.2) is 28.6 Å². The molecular formula is C11H18N5O11P3. The first-order chi connectivity index (χ1) is 13.8. The van der Waals surface area contributed by atoms with Crippen LogP contribution in [0.4, 0.5) is 5.82 Å². The van der Waals surface area contributed by atoms with E-state index in [-0.39, 0.29) is 11.7 Å². The second-order valence-corrected chi connectivity index (χ2v) is 10.7. The third kappa shape index (κ3) is 5.69. The van der Waals surface area contributed by atoms with Crippen LogP contribution in [0.2, 0.25) is 0 Å². The number of nitrogen functional groups attached to an aromatic ring is 1. The van der Waals surface area contributed by atoms with Crippen molar-refractivity contribution in [2.45, 2.75) is 25.7 Å². The summed E-state index contributed by atoms with van der Waals surface area (Å²) < 4.78 is 53.2. The van der Waals surface area contributed by atoms with Crippen LogP contribution in [0.5, 0.6) is 0 Å². The van der Waals surface area contributed by atoms with Gasteiger partial charge in [-0.15, -0.1) is 0 Å². The summed E-state index contributed by atoms with van der Waals surface area (Å²) in [4.78, 5) is 47.8. The quantitative estimate of drug-likeness (QED) is 0.320. The molecule has 0 saturated carbocycles. The van der Waals surface area contributed by atoms with Crippen molar-refractivity contribution in [3.8, 4) is 0 Å². The average molecular weight is 489 g/mol. The van der Waals surface area contributed by atoms with Crippen molar-refractivity contribution in [1.29, 1.82) is 0 Å². The normalized spacial score (nSPS) is 26.5. The Labute approximate surface area is 168 Å². The summed E-state index contributed by atoms with van der Waals surface area (Å²) in [5, 5.41) is 0. The van der Waals surface area contributed by atoms with E-state index in [0.29, 0.717) is 17.6 Å². The van der Waals surface area contributed by atoms with E-state index in [2.05, 4.69) is 28.1 Å². The Morgan fingerprint density at radius 2 is 1.87 bits per heavy atom. The van der Waals surface area contributed by atoms with Gasteiger partial charge in [0.1, 0.15) is 18.1 Å². The zero-order chi connectivity index (χ0) is 22.3. The Bertz CT molecular complexity index is 1070. The van der Waals surface area contributed by atoms with Gasteiger partial charge in [-0.3, -0.25) is 9.09 Å². The molecule has 168 valence electrons. The first-order valence-corrected chi connectivity index (χ1v) is 12.7. The van der Waals surface area contributed by atoms with Crippen molar-refractivity contribution >= 4 is 40.4 Å². The fourth-order valence-corrected chi connectivity index (χ4v) is 5.83. The van der Waals surface area contributed by atoms with Crippen LogP contribution in [-0.2, 0) is 31.6 Å². The maximum Gasteiger partial charge on any atom is 0.490 e. The number of rotatable bonds is 8. The van der Waals surface area contributed by atoms with Crippen LogP contribution in [0.1, 0.15) is 19.6 Å². The summed E-state index contributed by atoms with van der Waals surface area (Å²) >= 11 is 0. The molecule has 0 aliphatic carbocycles. The van der Waals surface area contributed by atoms with Crippen LogP contribution < -0.4 is 5.73 Å². The van der Waals surface area contributed by atoms with Gasteiger partial charge in [-0.05, 0) is 12.3 Å². The highest BCUT2D eigenvalue weighted by atomic mass is 31.3. The Hall–Kier alpha value is -1.28. The molecule has 19 heteroatoms. The van der Waals surface area contributed by atoms with E-state index in [4.69, 9.17) is 25.2 Å². The molecule has 1 saturated heterocycles. The van der Waals surface area contributed by atoms with Crippen molar-refractivity contribution in [2.24, 2.45) is 5.92 Å². The second-order valence-electron chi connectivity index (χ2n) is 6.31. The molecule has 0 amide bonds. The van der Waals surface area contributed by atoms with Crippen molar-refractivity contribution in [3.05, 3.63) is 12.7 Å². The largest absolute Gasteiger partial charge is 0.490 e. The van der Waals surface area contributed by atoms with Gasteiger partial charge in [0.2, 0.25) is 0 Å². The summed E-state index contributed by atoms with van der Waals surface area (Å²) in [6.45, 7) is 1.23. The first-order valence-electron chi connectivity index (χ1n) is 8.13. The van der Waals surface area contributed by atoms with Crippen molar-refractivity contribution in [1.82, 2.24) is 19.5 Å². The number of ether oxygens (including phenoxy) is 1. The molecule has 2 aromatic heterocycles. The lowest BCUT2D eigenvalue weighted by atomic mass is 10.0. The van der Waals surface area contributed by atoms with Gasteiger partial charge in [0, 0.05) is 0 Å². The third-order valence-electron chi connectivity index (χ3n) is 4.06. The van der Waals surface area contributed by atoms with Gasteiger partial charge in [0.25, 0.3) is 0 Å². The van der Waals surface area contributed by atoms with Crippen LogP contribution in [0.3, 0.4) is 0 Å². The summed E-state index contributed by atoms with van der Waals surface area (Å²) in [5.74, 6) is -0.00655. The summed E-state index contributed by atoms with van der Waals surface area (Å²) in [7, 11) is -16.3. The van der Waals surface area contributed by atoms with Crippen LogP contribution in [-0.4, -0.2) is 51.8 Å². The number of nitrogens with zero attached hydrogens (tertiary/aromatic N) is 4. The van der Waals surface area contributed by atoms with Crippen LogP contribution in [0.15, 0.2) is 12.7 Å². The van der Waals surface area contributed by atoms with Gasteiger partial charge < -0.3 is 30.0 Å². The smallest absolute Gasteiger partial charge is 0.382 e. The molecule has 1 aliphatic heterocycles. The molecule has 1 aliphatic rings. The minimum Gasteiger partial charge on any atom is -0.382 e.